The lowest BCUT2D eigenvalue weighted by Crippen LogP contribution is -2.49. The van der Waals surface area contributed by atoms with E-state index in [1.165, 1.54) is 0 Å². The van der Waals surface area contributed by atoms with Crippen molar-refractivity contribution < 1.29 is 9.53 Å². The maximum atomic E-state index is 12.6. The van der Waals surface area contributed by atoms with Crippen molar-refractivity contribution in [3.05, 3.63) is 54.1 Å². The van der Waals surface area contributed by atoms with E-state index in [1.54, 1.807) is 12.5 Å². The summed E-state index contributed by atoms with van der Waals surface area (Å²) in [6, 6.07) is 10.1. The summed E-state index contributed by atoms with van der Waals surface area (Å²) >= 11 is 0. The molecule has 2 atom stereocenters. The maximum absolute atomic E-state index is 12.6. The van der Waals surface area contributed by atoms with Crippen molar-refractivity contribution in [2.75, 3.05) is 13.1 Å². The summed E-state index contributed by atoms with van der Waals surface area (Å²) in [4.78, 5) is 21.5. The summed E-state index contributed by atoms with van der Waals surface area (Å²) < 4.78 is 6.24. The van der Waals surface area contributed by atoms with Gasteiger partial charge in [-0.25, -0.2) is 4.98 Å². The number of carbonyl (C=O) groups is 1. The van der Waals surface area contributed by atoms with E-state index in [4.69, 9.17) is 4.74 Å². The predicted molar refractivity (Wildman–Crippen MR) is 87.8 cm³/mol. The van der Waals surface area contributed by atoms with E-state index in [2.05, 4.69) is 35.9 Å². The molecule has 0 bridgehead atoms. The van der Waals surface area contributed by atoms with E-state index in [-0.39, 0.29) is 18.1 Å². The Labute approximate surface area is 136 Å². The summed E-state index contributed by atoms with van der Waals surface area (Å²) in [6.07, 6.45) is 3.65. The van der Waals surface area contributed by atoms with Crippen molar-refractivity contribution in [1.29, 1.82) is 0 Å². The smallest absolute Gasteiger partial charge is 0.228 e. The van der Waals surface area contributed by atoms with Gasteiger partial charge in [0, 0.05) is 18.4 Å². The highest BCUT2D eigenvalue weighted by Gasteiger charge is 2.32. The van der Waals surface area contributed by atoms with Gasteiger partial charge in [-0.1, -0.05) is 44.2 Å². The second kappa shape index (κ2) is 6.96. The van der Waals surface area contributed by atoms with Gasteiger partial charge in [0.05, 0.1) is 25.4 Å². The Morgan fingerprint density at radius 1 is 1.35 bits per heavy atom. The first kappa shape index (κ1) is 15.7. The van der Waals surface area contributed by atoms with Crippen LogP contribution in [-0.4, -0.2) is 40.0 Å². The molecule has 5 heteroatoms. The molecule has 1 N–H and O–H groups in total. The van der Waals surface area contributed by atoms with Crippen molar-refractivity contribution >= 4 is 5.91 Å². The first-order valence-corrected chi connectivity index (χ1v) is 8.09. The van der Waals surface area contributed by atoms with Crippen molar-refractivity contribution in [2.45, 2.75) is 32.5 Å². The number of hydrogen-bond donors (Lipinski definition) is 1. The van der Waals surface area contributed by atoms with Crippen LogP contribution in [0.2, 0.25) is 0 Å². The third kappa shape index (κ3) is 3.79. The lowest BCUT2D eigenvalue weighted by molar-refractivity contribution is -0.149. The van der Waals surface area contributed by atoms with Gasteiger partial charge >= 0.3 is 0 Å². The molecule has 3 rings (SSSR count). The highest BCUT2D eigenvalue weighted by atomic mass is 16.5. The van der Waals surface area contributed by atoms with Gasteiger partial charge in [0.15, 0.2) is 0 Å². The van der Waals surface area contributed by atoms with Gasteiger partial charge in [0.25, 0.3) is 0 Å². The summed E-state index contributed by atoms with van der Waals surface area (Å²) in [6.45, 7) is 5.51. The fourth-order valence-electron chi connectivity index (χ4n) is 2.87. The molecule has 0 unspecified atom stereocenters. The summed E-state index contributed by atoms with van der Waals surface area (Å²) in [5.74, 6) is 0.480. The van der Waals surface area contributed by atoms with Crippen LogP contribution < -0.4 is 0 Å². The minimum atomic E-state index is -0.0666. The molecule has 0 spiro atoms. The van der Waals surface area contributed by atoms with Crippen LogP contribution in [0.3, 0.4) is 0 Å². The summed E-state index contributed by atoms with van der Waals surface area (Å²) in [7, 11) is 0. The molecular weight excluding hydrogens is 290 g/mol. The van der Waals surface area contributed by atoms with Gasteiger partial charge in [0.1, 0.15) is 6.10 Å². The van der Waals surface area contributed by atoms with E-state index in [9.17, 15) is 4.79 Å². The average molecular weight is 313 g/mol. The van der Waals surface area contributed by atoms with Gasteiger partial charge in [-0.05, 0) is 11.5 Å². The van der Waals surface area contributed by atoms with Crippen LogP contribution in [0.4, 0.5) is 0 Å². The minimum absolute atomic E-state index is 0.0553. The largest absolute Gasteiger partial charge is 0.366 e. The lowest BCUT2D eigenvalue weighted by atomic mass is 10.0. The van der Waals surface area contributed by atoms with E-state index < -0.39 is 0 Å². The standard InChI is InChI=1S/C18H23N3O2/c1-13(2)16-10-21(18(22)8-15-9-19-12-20-15)11-17(23-16)14-6-4-3-5-7-14/h3-7,9,12-13,16-17H,8,10-11H2,1-2H3,(H,19,20)/t16-,17+/m1/s1. The number of H-pyrrole nitrogens is 1. The van der Waals surface area contributed by atoms with Gasteiger partial charge in [-0.2, -0.15) is 0 Å². The van der Waals surface area contributed by atoms with Gasteiger partial charge in [0.2, 0.25) is 5.91 Å². The van der Waals surface area contributed by atoms with Crippen LogP contribution in [0.25, 0.3) is 0 Å². The van der Waals surface area contributed by atoms with Crippen LogP contribution in [0.1, 0.15) is 31.2 Å². The van der Waals surface area contributed by atoms with Crippen molar-refractivity contribution in [3.63, 3.8) is 0 Å². The van der Waals surface area contributed by atoms with Crippen molar-refractivity contribution in [2.24, 2.45) is 5.92 Å². The molecule has 1 aliphatic rings. The van der Waals surface area contributed by atoms with E-state index >= 15 is 0 Å². The third-order valence-corrected chi connectivity index (χ3v) is 4.29. The quantitative estimate of drug-likeness (QED) is 0.944. The normalized spacial score (nSPS) is 21.6. The Bertz CT molecular complexity index is 625. The number of ether oxygens (including phenoxy) is 1. The maximum Gasteiger partial charge on any atom is 0.228 e. The molecule has 23 heavy (non-hydrogen) atoms. The number of imidazole rings is 1. The zero-order valence-corrected chi connectivity index (χ0v) is 13.6. The molecule has 0 radical (unpaired) electrons. The van der Waals surface area contributed by atoms with Crippen LogP contribution >= 0.6 is 0 Å². The number of carbonyl (C=O) groups excluding carboxylic acids is 1. The second-order valence-electron chi connectivity index (χ2n) is 6.37. The number of rotatable bonds is 4. The SMILES string of the molecule is CC(C)[C@H]1CN(C(=O)Cc2cnc[nH]2)C[C@@H](c2ccccc2)O1. The van der Waals surface area contributed by atoms with Crippen LogP contribution in [0.5, 0.6) is 0 Å². The third-order valence-electron chi connectivity index (χ3n) is 4.29. The number of nitrogens with zero attached hydrogens (tertiary/aromatic N) is 2. The lowest BCUT2D eigenvalue weighted by Gasteiger charge is -2.40. The molecule has 5 nitrogen and oxygen atoms in total. The zero-order valence-electron chi connectivity index (χ0n) is 13.6. The Morgan fingerprint density at radius 3 is 2.78 bits per heavy atom. The van der Waals surface area contributed by atoms with E-state index in [1.807, 2.05) is 23.1 Å². The van der Waals surface area contributed by atoms with Gasteiger partial charge < -0.3 is 14.6 Å². The van der Waals surface area contributed by atoms with Crippen molar-refractivity contribution in [3.8, 4) is 0 Å². The number of aromatic nitrogens is 2. The van der Waals surface area contributed by atoms with Crippen LogP contribution in [-0.2, 0) is 16.0 Å². The molecule has 2 aromatic rings. The Hall–Kier alpha value is -2.14. The summed E-state index contributed by atoms with van der Waals surface area (Å²) in [5.41, 5.74) is 1.97. The summed E-state index contributed by atoms with van der Waals surface area (Å²) in [5, 5.41) is 0. The van der Waals surface area contributed by atoms with Gasteiger partial charge in [-0.15, -0.1) is 0 Å². The molecule has 0 saturated carbocycles. The average Bonchev–Trinajstić information content (AvgIpc) is 3.08. The molecule has 122 valence electrons. The number of aromatic amines is 1. The molecule has 1 aromatic heterocycles. The van der Waals surface area contributed by atoms with Gasteiger partial charge in [-0.3, -0.25) is 4.79 Å². The van der Waals surface area contributed by atoms with Crippen LogP contribution in [0, 0.1) is 5.92 Å². The van der Waals surface area contributed by atoms with Crippen molar-refractivity contribution in [1.82, 2.24) is 14.9 Å². The molecule has 2 heterocycles. The topological polar surface area (TPSA) is 58.2 Å². The second-order valence-corrected chi connectivity index (χ2v) is 6.37. The van der Waals surface area contributed by atoms with Crippen LogP contribution in [0.15, 0.2) is 42.9 Å². The van der Waals surface area contributed by atoms with E-state index in [0.29, 0.717) is 25.4 Å². The molecule has 1 amide bonds. The molecule has 1 aliphatic heterocycles. The van der Waals surface area contributed by atoms with E-state index in [0.717, 1.165) is 11.3 Å². The Balaban J connectivity index is 1.75. The number of hydrogen-bond acceptors (Lipinski definition) is 3. The zero-order chi connectivity index (χ0) is 16.2. The molecule has 1 aromatic carbocycles. The first-order chi connectivity index (χ1) is 11.1. The molecule has 0 aliphatic carbocycles. The number of benzene rings is 1. The number of morpholine rings is 1. The highest BCUT2D eigenvalue weighted by molar-refractivity contribution is 5.78. The Morgan fingerprint density at radius 2 is 2.13 bits per heavy atom. The number of amides is 1. The monoisotopic (exact) mass is 313 g/mol. The fraction of sp³-hybridized carbons (Fsp3) is 0.444. The molecule has 1 fully saturated rings. The predicted octanol–water partition coefficient (Wildman–Crippen LogP) is 2.58. The molecule has 1 saturated heterocycles. The first-order valence-electron chi connectivity index (χ1n) is 8.09. The minimum Gasteiger partial charge on any atom is -0.366 e. The molecular formula is C18H23N3O2. The highest BCUT2D eigenvalue weighted by Crippen LogP contribution is 2.28. The fourth-order valence-corrected chi connectivity index (χ4v) is 2.87. The number of nitrogens with one attached hydrogen (secondary N) is 1. The Kier molecular flexibility index (Phi) is 4.76.